The van der Waals surface area contributed by atoms with Crippen LogP contribution in [-0.2, 0) is 11.3 Å². The van der Waals surface area contributed by atoms with Gasteiger partial charge in [-0.3, -0.25) is 5.43 Å². The van der Waals surface area contributed by atoms with E-state index in [2.05, 4.69) is 40.0 Å². The van der Waals surface area contributed by atoms with Crippen molar-refractivity contribution in [1.29, 1.82) is 0 Å². The van der Waals surface area contributed by atoms with Crippen molar-refractivity contribution in [3.05, 3.63) is 47.3 Å². The largest absolute Gasteiger partial charge is 0.497 e. The summed E-state index contributed by atoms with van der Waals surface area (Å²) in [4.78, 5) is 4.62. The van der Waals surface area contributed by atoms with Gasteiger partial charge in [0.2, 0.25) is 0 Å². The zero-order valence-electron chi connectivity index (χ0n) is 16.6. The highest BCUT2D eigenvalue weighted by molar-refractivity contribution is 8.14. The molecule has 148 valence electrons. The van der Waals surface area contributed by atoms with Crippen LogP contribution >= 0.6 is 11.8 Å². The molecule has 1 N–H and O–H groups in total. The molecule has 4 rings (SSSR count). The Balaban J connectivity index is 1.48. The van der Waals surface area contributed by atoms with Crippen molar-refractivity contribution < 1.29 is 9.47 Å². The Morgan fingerprint density at radius 1 is 1.32 bits per heavy atom. The lowest BCUT2D eigenvalue weighted by atomic mass is 10.1. The van der Waals surface area contributed by atoms with Gasteiger partial charge in [0.15, 0.2) is 5.17 Å². The number of hydrogen-bond donors (Lipinski definition) is 1. The second-order valence-electron chi connectivity index (χ2n) is 7.10. The molecule has 7 heteroatoms. The molecular weight excluding hydrogens is 372 g/mol. The van der Waals surface area contributed by atoms with Crippen LogP contribution in [0.1, 0.15) is 29.8 Å². The maximum absolute atomic E-state index is 5.82. The van der Waals surface area contributed by atoms with E-state index >= 15 is 0 Å². The summed E-state index contributed by atoms with van der Waals surface area (Å²) < 4.78 is 13.4. The molecule has 6 nitrogen and oxygen atoms in total. The fourth-order valence-electron chi connectivity index (χ4n) is 3.65. The van der Waals surface area contributed by atoms with Gasteiger partial charge in [0.25, 0.3) is 0 Å². The van der Waals surface area contributed by atoms with Crippen molar-refractivity contribution in [3.63, 3.8) is 0 Å². The molecule has 0 unspecified atom stereocenters. The van der Waals surface area contributed by atoms with Gasteiger partial charge in [0, 0.05) is 35.9 Å². The smallest absolute Gasteiger partial charge is 0.182 e. The van der Waals surface area contributed by atoms with Crippen LogP contribution in [0, 0.1) is 13.8 Å². The molecular formula is C21H26N4O2S. The minimum atomic E-state index is 0.335. The monoisotopic (exact) mass is 398 g/mol. The molecule has 28 heavy (non-hydrogen) atoms. The molecule has 0 saturated carbocycles. The Bertz CT molecular complexity index is 896. The number of hydrogen-bond acceptors (Lipinski definition) is 5. The first kappa shape index (κ1) is 19.1. The Labute approximate surface area is 170 Å². The number of thioether (sulfide) groups is 1. The Morgan fingerprint density at radius 3 is 2.79 bits per heavy atom. The van der Waals surface area contributed by atoms with Crippen LogP contribution in [0.2, 0.25) is 0 Å². The van der Waals surface area contributed by atoms with Crippen LogP contribution in [0.5, 0.6) is 5.75 Å². The van der Waals surface area contributed by atoms with Gasteiger partial charge in [-0.2, -0.15) is 5.10 Å². The zero-order chi connectivity index (χ0) is 19.5. The minimum absolute atomic E-state index is 0.335. The summed E-state index contributed by atoms with van der Waals surface area (Å²) in [7, 11) is 1.66. The lowest BCUT2D eigenvalue weighted by molar-refractivity contribution is 0.0962. The molecule has 2 aliphatic rings. The molecule has 1 aromatic carbocycles. The first-order valence-corrected chi connectivity index (χ1v) is 10.6. The van der Waals surface area contributed by atoms with E-state index in [1.165, 1.54) is 23.4 Å². The normalized spacial score (nSPS) is 20.9. The Morgan fingerprint density at radius 2 is 2.14 bits per heavy atom. The number of aryl methyl sites for hydroxylation is 1. The van der Waals surface area contributed by atoms with Crippen molar-refractivity contribution in [2.75, 3.05) is 19.5 Å². The topological polar surface area (TPSA) is 60.1 Å². The van der Waals surface area contributed by atoms with Crippen molar-refractivity contribution in [3.8, 4) is 5.75 Å². The standard InChI is InChI=1S/C21H26N4O2S/c1-14-11-19(15(2)25(14)12-18-5-4-10-27-18)20-13-28-21(24-23-20)22-16-6-8-17(26-3)9-7-16/h6-9,11,18H,4-5,10,12-13H2,1-3H3,(H,22,24)/t18-/m1/s1. The highest BCUT2D eigenvalue weighted by atomic mass is 32.2. The number of benzene rings is 1. The number of aromatic nitrogens is 1. The van der Waals surface area contributed by atoms with E-state index in [0.717, 1.165) is 47.6 Å². The van der Waals surface area contributed by atoms with Gasteiger partial charge >= 0.3 is 0 Å². The number of nitrogens with one attached hydrogen (secondary N) is 1. The number of methoxy groups -OCH3 is 1. The molecule has 1 atom stereocenters. The van der Waals surface area contributed by atoms with Crippen molar-refractivity contribution >= 4 is 28.3 Å². The van der Waals surface area contributed by atoms with Gasteiger partial charge < -0.3 is 14.0 Å². The Kier molecular flexibility index (Phi) is 5.73. The van der Waals surface area contributed by atoms with Gasteiger partial charge in [-0.1, -0.05) is 11.8 Å². The molecule has 0 bridgehead atoms. The van der Waals surface area contributed by atoms with Gasteiger partial charge in [-0.25, -0.2) is 4.99 Å². The van der Waals surface area contributed by atoms with E-state index in [0.29, 0.717) is 6.10 Å². The van der Waals surface area contributed by atoms with Crippen molar-refractivity contribution in [1.82, 2.24) is 9.99 Å². The van der Waals surface area contributed by atoms with E-state index in [1.807, 2.05) is 24.3 Å². The van der Waals surface area contributed by atoms with E-state index < -0.39 is 0 Å². The zero-order valence-corrected chi connectivity index (χ0v) is 17.4. The molecule has 0 radical (unpaired) electrons. The summed E-state index contributed by atoms with van der Waals surface area (Å²) in [5.41, 5.74) is 8.77. The number of nitrogens with zero attached hydrogens (tertiary/aromatic N) is 3. The van der Waals surface area contributed by atoms with Crippen molar-refractivity contribution in [2.45, 2.75) is 39.3 Å². The van der Waals surface area contributed by atoms with E-state index in [9.17, 15) is 0 Å². The molecule has 2 aromatic rings. The first-order chi connectivity index (χ1) is 13.6. The van der Waals surface area contributed by atoms with Crippen LogP contribution in [0.15, 0.2) is 40.4 Å². The predicted molar refractivity (Wildman–Crippen MR) is 115 cm³/mol. The summed E-state index contributed by atoms with van der Waals surface area (Å²) in [6.45, 7) is 6.15. The van der Waals surface area contributed by atoms with Gasteiger partial charge in [0.05, 0.1) is 24.6 Å². The third-order valence-corrected chi connectivity index (χ3v) is 6.10. The third-order valence-electron chi connectivity index (χ3n) is 5.23. The number of aliphatic imine (C=N–C) groups is 1. The van der Waals surface area contributed by atoms with Crippen LogP contribution in [-0.4, -0.2) is 41.0 Å². The summed E-state index contributed by atoms with van der Waals surface area (Å²) in [6, 6.07) is 9.92. The molecule has 1 saturated heterocycles. The van der Waals surface area contributed by atoms with Gasteiger partial charge in [-0.15, -0.1) is 0 Å². The number of amidine groups is 1. The quantitative estimate of drug-likeness (QED) is 0.826. The highest BCUT2D eigenvalue weighted by Crippen LogP contribution is 2.24. The summed E-state index contributed by atoms with van der Waals surface area (Å²) >= 11 is 1.67. The Hall–Kier alpha value is -2.25. The van der Waals surface area contributed by atoms with Crippen LogP contribution in [0.3, 0.4) is 0 Å². The fourth-order valence-corrected chi connectivity index (χ4v) is 4.43. The molecule has 0 spiro atoms. The average molecular weight is 399 g/mol. The summed E-state index contributed by atoms with van der Waals surface area (Å²) in [6.07, 6.45) is 2.65. The molecule has 1 fully saturated rings. The van der Waals surface area contributed by atoms with Crippen LogP contribution < -0.4 is 10.2 Å². The van der Waals surface area contributed by atoms with Crippen LogP contribution in [0.25, 0.3) is 0 Å². The molecule has 0 amide bonds. The number of hydrazone groups is 1. The predicted octanol–water partition coefficient (Wildman–Crippen LogP) is 4.02. The van der Waals surface area contributed by atoms with E-state index in [-0.39, 0.29) is 0 Å². The minimum Gasteiger partial charge on any atom is -0.497 e. The number of ether oxygens (including phenoxy) is 2. The first-order valence-electron chi connectivity index (χ1n) is 9.61. The van der Waals surface area contributed by atoms with E-state index in [4.69, 9.17) is 9.47 Å². The van der Waals surface area contributed by atoms with Gasteiger partial charge in [-0.05, 0) is 57.0 Å². The maximum atomic E-state index is 5.82. The lowest BCUT2D eigenvalue weighted by Gasteiger charge is -2.17. The van der Waals surface area contributed by atoms with E-state index in [1.54, 1.807) is 18.9 Å². The average Bonchev–Trinajstić information content (AvgIpc) is 3.33. The van der Waals surface area contributed by atoms with Crippen LogP contribution in [0.4, 0.5) is 5.69 Å². The second-order valence-corrected chi connectivity index (χ2v) is 8.07. The molecule has 0 aliphatic carbocycles. The van der Waals surface area contributed by atoms with Crippen molar-refractivity contribution in [2.24, 2.45) is 10.1 Å². The second kappa shape index (κ2) is 8.41. The summed E-state index contributed by atoms with van der Waals surface area (Å²) in [5, 5.41) is 5.41. The van der Waals surface area contributed by atoms with Gasteiger partial charge in [0.1, 0.15) is 5.75 Å². The molecule has 2 aliphatic heterocycles. The summed E-state index contributed by atoms with van der Waals surface area (Å²) in [5.74, 6) is 1.62. The molecule has 1 aromatic heterocycles. The third kappa shape index (κ3) is 4.10. The SMILES string of the molecule is COc1ccc(N=C2NN=C(c3cc(C)n(C[C@H]4CCCO4)c3C)CS2)cc1. The highest BCUT2D eigenvalue weighted by Gasteiger charge is 2.22. The lowest BCUT2D eigenvalue weighted by Crippen LogP contribution is -2.25. The number of rotatable bonds is 5. The fraction of sp³-hybridized carbons (Fsp3) is 0.429. The maximum Gasteiger partial charge on any atom is 0.182 e. The molecule has 3 heterocycles.